The summed E-state index contributed by atoms with van der Waals surface area (Å²) in [6.45, 7) is 5.70. The maximum absolute atomic E-state index is 12.3. The Balaban J connectivity index is 2.24. The van der Waals surface area contributed by atoms with Gasteiger partial charge in [0.25, 0.3) is 11.5 Å². The molecule has 21 heavy (non-hydrogen) atoms. The second-order valence-corrected chi connectivity index (χ2v) is 6.30. The van der Waals surface area contributed by atoms with Crippen LogP contribution in [0.3, 0.4) is 0 Å². The number of aryl methyl sites for hydroxylation is 1. The number of carbonyl (C=O) groups is 1. The van der Waals surface area contributed by atoms with E-state index in [1.165, 1.54) is 21.9 Å². The van der Waals surface area contributed by atoms with Crippen molar-refractivity contribution in [1.82, 2.24) is 14.7 Å². The van der Waals surface area contributed by atoms with Crippen LogP contribution in [0.5, 0.6) is 0 Å². The van der Waals surface area contributed by atoms with Gasteiger partial charge in [-0.2, -0.15) is 0 Å². The molecular formula is C14H19N3O3S. The van der Waals surface area contributed by atoms with Crippen LogP contribution in [0.15, 0.2) is 17.2 Å². The molecule has 0 fully saturated rings. The lowest BCUT2D eigenvalue weighted by Crippen LogP contribution is -2.43. The zero-order valence-corrected chi connectivity index (χ0v) is 13.2. The van der Waals surface area contributed by atoms with Gasteiger partial charge in [-0.3, -0.25) is 14.0 Å². The summed E-state index contributed by atoms with van der Waals surface area (Å²) in [5, 5.41) is 12.8. The van der Waals surface area contributed by atoms with Gasteiger partial charge in [-0.1, -0.05) is 13.8 Å². The van der Waals surface area contributed by atoms with Gasteiger partial charge in [0.1, 0.15) is 5.56 Å². The Morgan fingerprint density at radius 3 is 2.76 bits per heavy atom. The number of rotatable bonds is 5. The maximum Gasteiger partial charge on any atom is 0.271 e. The molecule has 1 amide bonds. The van der Waals surface area contributed by atoms with Gasteiger partial charge >= 0.3 is 0 Å². The average Bonchev–Trinajstić information content (AvgIpc) is 2.86. The highest BCUT2D eigenvalue weighted by atomic mass is 32.1. The Morgan fingerprint density at radius 1 is 1.48 bits per heavy atom. The van der Waals surface area contributed by atoms with Gasteiger partial charge in [-0.05, 0) is 19.8 Å². The Hall–Kier alpha value is -1.73. The maximum atomic E-state index is 12.3. The van der Waals surface area contributed by atoms with E-state index in [-0.39, 0.29) is 12.1 Å². The van der Waals surface area contributed by atoms with Gasteiger partial charge in [0.2, 0.25) is 0 Å². The topological polar surface area (TPSA) is 83.7 Å². The molecule has 6 nitrogen and oxygen atoms in total. The molecule has 2 heterocycles. The van der Waals surface area contributed by atoms with Crippen LogP contribution in [0.4, 0.5) is 0 Å². The fourth-order valence-electron chi connectivity index (χ4n) is 1.99. The van der Waals surface area contributed by atoms with Crippen molar-refractivity contribution < 1.29 is 9.90 Å². The molecule has 0 radical (unpaired) electrons. The second kappa shape index (κ2) is 5.95. The SMILES string of the molecule is CCC(O)(CC)CNC(=O)c1cnc2sc(C)cn2c1=O. The van der Waals surface area contributed by atoms with Gasteiger partial charge in [0.05, 0.1) is 5.60 Å². The summed E-state index contributed by atoms with van der Waals surface area (Å²) in [6, 6.07) is 0. The molecular weight excluding hydrogens is 290 g/mol. The normalized spacial score (nSPS) is 11.8. The highest BCUT2D eigenvalue weighted by Gasteiger charge is 2.24. The fourth-order valence-corrected chi connectivity index (χ4v) is 2.78. The molecule has 2 N–H and O–H groups in total. The smallest absolute Gasteiger partial charge is 0.271 e. The predicted molar refractivity (Wildman–Crippen MR) is 81.9 cm³/mol. The second-order valence-electron chi connectivity index (χ2n) is 5.09. The highest BCUT2D eigenvalue weighted by Crippen LogP contribution is 2.14. The van der Waals surface area contributed by atoms with Crippen LogP contribution in [0.1, 0.15) is 41.9 Å². The molecule has 0 aromatic carbocycles. The third kappa shape index (κ3) is 3.14. The fraction of sp³-hybridized carbons (Fsp3) is 0.500. The Morgan fingerprint density at radius 2 is 2.14 bits per heavy atom. The molecule has 2 rings (SSSR count). The Kier molecular flexibility index (Phi) is 4.43. The van der Waals surface area contributed by atoms with Crippen LogP contribution in [0, 0.1) is 6.92 Å². The third-order valence-electron chi connectivity index (χ3n) is 3.66. The van der Waals surface area contributed by atoms with E-state index in [2.05, 4.69) is 10.3 Å². The van der Waals surface area contributed by atoms with E-state index in [0.717, 1.165) is 4.88 Å². The van der Waals surface area contributed by atoms with Crippen molar-refractivity contribution in [2.24, 2.45) is 0 Å². The molecule has 114 valence electrons. The van der Waals surface area contributed by atoms with Crippen molar-refractivity contribution in [2.75, 3.05) is 6.54 Å². The van der Waals surface area contributed by atoms with Gasteiger partial charge in [-0.15, -0.1) is 11.3 Å². The van der Waals surface area contributed by atoms with Crippen molar-refractivity contribution in [3.8, 4) is 0 Å². The van der Waals surface area contributed by atoms with Crippen LogP contribution in [-0.2, 0) is 0 Å². The van der Waals surface area contributed by atoms with Crippen LogP contribution >= 0.6 is 11.3 Å². The number of aliphatic hydroxyl groups is 1. The summed E-state index contributed by atoms with van der Waals surface area (Å²) >= 11 is 1.39. The summed E-state index contributed by atoms with van der Waals surface area (Å²) in [7, 11) is 0. The van der Waals surface area contributed by atoms with E-state index >= 15 is 0 Å². The Labute approximate surface area is 126 Å². The standard InChI is InChI=1S/C14H19N3O3S/c1-4-14(20,5-2)8-16-11(18)10-6-15-13-17(12(10)19)7-9(3)21-13/h6-7,20H,4-5,8H2,1-3H3,(H,16,18). The largest absolute Gasteiger partial charge is 0.388 e. The van der Waals surface area contributed by atoms with Gasteiger partial charge in [0.15, 0.2) is 4.96 Å². The highest BCUT2D eigenvalue weighted by molar-refractivity contribution is 7.16. The van der Waals surface area contributed by atoms with E-state index in [9.17, 15) is 14.7 Å². The van der Waals surface area contributed by atoms with Crippen LogP contribution < -0.4 is 10.9 Å². The lowest BCUT2D eigenvalue weighted by Gasteiger charge is -2.25. The van der Waals surface area contributed by atoms with E-state index in [1.54, 1.807) is 6.20 Å². The number of carbonyl (C=O) groups excluding carboxylic acids is 1. The lowest BCUT2D eigenvalue weighted by molar-refractivity contribution is 0.0313. The van der Waals surface area contributed by atoms with E-state index in [0.29, 0.717) is 17.8 Å². The van der Waals surface area contributed by atoms with Crippen molar-refractivity contribution in [3.05, 3.63) is 33.2 Å². The lowest BCUT2D eigenvalue weighted by atomic mass is 9.97. The third-order valence-corrected chi connectivity index (χ3v) is 4.57. The minimum atomic E-state index is -0.942. The van der Waals surface area contributed by atoms with Crippen molar-refractivity contribution >= 4 is 22.2 Å². The molecule has 2 aromatic heterocycles. The number of aromatic nitrogens is 2. The van der Waals surface area contributed by atoms with Crippen LogP contribution in [0.2, 0.25) is 0 Å². The van der Waals surface area contributed by atoms with E-state index in [4.69, 9.17) is 0 Å². The first-order valence-corrected chi connectivity index (χ1v) is 7.70. The monoisotopic (exact) mass is 309 g/mol. The molecule has 0 atom stereocenters. The van der Waals surface area contributed by atoms with Gasteiger partial charge in [0, 0.05) is 23.8 Å². The first-order valence-electron chi connectivity index (χ1n) is 6.88. The number of amides is 1. The number of hydrogen-bond donors (Lipinski definition) is 2. The molecule has 0 spiro atoms. The Bertz CT molecular complexity index is 716. The number of thiazole rings is 1. The zero-order chi connectivity index (χ0) is 15.6. The molecule has 0 bridgehead atoms. The van der Waals surface area contributed by atoms with Crippen LogP contribution in [-0.4, -0.2) is 32.5 Å². The number of fused-ring (bicyclic) bond motifs is 1. The number of hydrogen-bond acceptors (Lipinski definition) is 5. The van der Waals surface area contributed by atoms with Gasteiger partial charge < -0.3 is 10.4 Å². The molecule has 0 saturated heterocycles. The van der Waals surface area contributed by atoms with Crippen molar-refractivity contribution in [3.63, 3.8) is 0 Å². The molecule has 0 aliphatic heterocycles. The predicted octanol–water partition coefficient (Wildman–Crippen LogP) is 1.35. The molecule has 0 aliphatic carbocycles. The zero-order valence-electron chi connectivity index (χ0n) is 12.3. The minimum absolute atomic E-state index is 0.0140. The molecule has 0 unspecified atom stereocenters. The average molecular weight is 309 g/mol. The summed E-state index contributed by atoms with van der Waals surface area (Å²) in [6.07, 6.45) is 4.02. The van der Waals surface area contributed by atoms with E-state index < -0.39 is 17.1 Å². The first-order chi connectivity index (χ1) is 9.90. The minimum Gasteiger partial charge on any atom is -0.388 e. The van der Waals surface area contributed by atoms with Crippen molar-refractivity contribution in [2.45, 2.75) is 39.2 Å². The number of nitrogens with one attached hydrogen (secondary N) is 1. The first kappa shape index (κ1) is 15.7. The summed E-state index contributed by atoms with van der Waals surface area (Å²) in [4.78, 5) is 30.0. The quantitative estimate of drug-likeness (QED) is 0.873. The molecule has 0 aliphatic rings. The van der Waals surface area contributed by atoms with E-state index in [1.807, 2.05) is 20.8 Å². The number of nitrogens with zero attached hydrogens (tertiary/aromatic N) is 2. The van der Waals surface area contributed by atoms with Gasteiger partial charge in [-0.25, -0.2) is 4.98 Å². The molecule has 2 aromatic rings. The summed E-state index contributed by atoms with van der Waals surface area (Å²) in [5.74, 6) is -0.508. The summed E-state index contributed by atoms with van der Waals surface area (Å²) < 4.78 is 1.38. The molecule has 7 heteroatoms. The summed E-state index contributed by atoms with van der Waals surface area (Å²) in [5.41, 5.74) is -1.35. The molecule has 0 saturated carbocycles. The van der Waals surface area contributed by atoms with Crippen molar-refractivity contribution in [1.29, 1.82) is 0 Å². The van der Waals surface area contributed by atoms with Crippen LogP contribution in [0.25, 0.3) is 4.96 Å².